The zero-order valence-corrected chi connectivity index (χ0v) is 11.0. The minimum atomic E-state index is -1.12. The molecule has 0 fully saturated rings. The van der Waals surface area contributed by atoms with Gasteiger partial charge in [-0.25, -0.2) is 13.2 Å². The van der Waals surface area contributed by atoms with Crippen molar-refractivity contribution in [2.45, 2.75) is 13.3 Å². The molecular formula is C12H12F3N5O. The highest BCUT2D eigenvalue weighted by atomic mass is 19.1. The average Bonchev–Trinajstić information content (AvgIpc) is 2.40. The largest absolute Gasteiger partial charge is 0.463 e. The number of nitrogens with one attached hydrogen (secondary N) is 1. The summed E-state index contributed by atoms with van der Waals surface area (Å²) in [5, 5.41) is 2.29. The fourth-order valence-electron chi connectivity index (χ4n) is 1.46. The third kappa shape index (κ3) is 3.71. The fourth-order valence-corrected chi connectivity index (χ4v) is 1.46. The van der Waals surface area contributed by atoms with Crippen LogP contribution < -0.4 is 15.8 Å². The van der Waals surface area contributed by atoms with E-state index in [9.17, 15) is 13.2 Å². The summed E-state index contributed by atoms with van der Waals surface area (Å²) < 4.78 is 45.0. The van der Waals surface area contributed by atoms with Gasteiger partial charge in [0.2, 0.25) is 11.9 Å². The van der Waals surface area contributed by atoms with Crippen molar-refractivity contribution < 1.29 is 17.9 Å². The van der Waals surface area contributed by atoms with Crippen LogP contribution >= 0.6 is 0 Å². The number of anilines is 3. The van der Waals surface area contributed by atoms with Crippen LogP contribution in [0.3, 0.4) is 0 Å². The molecule has 0 aliphatic carbocycles. The van der Waals surface area contributed by atoms with Crippen LogP contribution in [0.5, 0.6) is 6.01 Å². The molecule has 0 aliphatic rings. The molecule has 2 aromatic rings. The minimum Gasteiger partial charge on any atom is -0.463 e. The van der Waals surface area contributed by atoms with Gasteiger partial charge in [-0.15, -0.1) is 0 Å². The number of hydrogen-bond acceptors (Lipinski definition) is 6. The highest BCUT2D eigenvalue weighted by molar-refractivity contribution is 5.55. The zero-order valence-electron chi connectivity index (χ0n) is 11.0. The Morgan fingerprint density at radius 3 is 2.43 bits per heavy atom. The zero-order chi connectivity index (χ0) is 15.4. The molecule has 3 N–H and O–H groups in total. The highest BCUT2D eigenvalue weighted by Gasteiger charge is 2.14. The first-order chi connectivity index (χ1) is 9.99. The van der Waals surface area contributed by atoms with Crippen LogP contribution in [0.25, 0.3) is 0 Å². The Morgan fingerprint density at radius 1 is 1.14 bits per heavy atom. The quantitative estimate of drug-likeness (QED) is 0.881. The molecule has 0 saturated carbocycles. The van der Waals surface area contributed by atoms with E-state index in [2.05, 4.69) is 20.3 Å². The van der Waals surface area contributed by atoms with Gasteiger partial charge >= 0.3 is 6.01 Å². The van der Waals surface area contributed by atoms with Crippen molar-refractivity contribution in [3.63, 3.8) is 0 Å². The monoisotopic (exact) mass is 299 g/mol. The van der Waals surface area contributed by atoms with Crippen LogP contribution in [-0.2, 0) is 0 Å². The Labute approximate surface area is 118 Å². The summed E-state index contributed by atoms with van der Waals surface area (Å²) in [6, 6.07) is 0.990. The molecule has 21 heavy (non-hydrogen) atoms. The number of ether oxygens (including phenoxy) is 1. The summed E-state index contributed by atoms with van der Waals surface area (Å²) in [6.07, 6.45) is 0.718. The van der Waals surface area contributed by atoms with E-state index in [0.717, 1.165) is 6.42 Å². The summed E-state index contributed by atoms with van der Waals surface area (Å²) in [6.45, 7) is 2.23. The fraction of sp³-hybridized carbons (Fsp3) is 0.250. The van der Waals surface area contributed by atoms with E-state index in [1.54, 1.807) is 0 Å². The normalized spacial score (nSPS) is 10.5. The molecule has 1 aromatic carbocycles. The predicted molar refractivity (Wildman–Crippen MR) is 69.6 cm³/mol. The van der Waals surface area contributed by atoms with Gasteiger partial charge in [-0.2, -0.15) is 15.0 Å². The molecule has 0 saturated heterocycles. The van der Waals surface area contributed by atoms with Gasteiger partial charge in [-0.05, 0) is 6.42 Å². The number of benzene rings is 1. The topological polar surface area (TPSA) is 86.0 Å². The number of rotatable bonds is 5. The van der Waals surface area contributed by atoms with Crippen molar-refractivity contribution in [1.29, 1.82) is 0 Å². The molecule has 2 rings (SSSR count). The first-order valence-electron chi connectivity index (χ1n) is 6.05. The third-order valence-corrected chi connectivity index (χ3v) is 2.31. The van der Waals surface area contributed by atoms with Gasteiger partial charge in [0.15, 0.2) is 11.6 Å². The van der Waals surface area contributed by atoms with Crippen LogP contribution in [0.15, 0.2) is 12.1 Å². The second-order valence-electron chi connectivity index (χ2n) is 4.02. The molecular weight excluding hydrogens is 287 g/mol. The number of aromatic nitrogens is 3. The highest BCUT2D eigenvalue weighted by Crippen LogP contribution is 2.23. The van der Waals surface area contributed by atoms with Crippen molar-refractivity contribution in [3.8, 4) is 6.01 Å². The van der Waals surface area contributed by atoms with Crippen LogP contribution in [0, 0.1) is 17.5 Å². The second kappa shape index (κ2) is 6.25. The molecule has 0 unspecified atom stereocenters. The Kier molecular flexibility index (Phi) is 4.41. The van der Waals surface area contributed by atoms with Crippen molar-refractivity contribution in [1.82, 2.24) is 15.0 Å². The van der Waals surface area contributed by atoms with Crippen LogP contribution in [-0.4, -0.2) is 21.6 Å². The summed E-state index contributed by atoms with van der Waals surface area (Å²) in [5.41, 5.74) is 4.86. The van der Waals surface area contributed by atoms with E-state index < -0.39 is 23.1 Å². The molecule has 0 radical (unpaired) electrons. The number of halogens is 3. The molecule has 112 valence electrons. The van der Waals surface area contributed by atoms with Crippen LogP contribution in [0.4, 0.5) is 30.8 Å². The molecule has 0 bridgehead atoms. The standard InChI is InChI=1S/C12H12F3N5O/c1-2-3-21-12-19-10(16)18-11(20-12)17-9-7(14)4-6(13)5-8(9)15/h4-5H,2-3H2,1H3,(H3,16,17,18,19,20). The van der Waals surface area contributed by atoms with Gasteiger partial charge in [-0.1, -0.05) is 6.92 Å². The number of nitrogens with zero attached hydrogens (tertiary/aromatic N) is 3. The molecule has 0 spiro atoms. The second-order valence-corrected chi connectivity index (χ2v) is 4.02. The van der Waals surface area contributed by atoms with E-state index in [1.807, 2.05) is 6.92 Å². The number of nitrogen functional groups attached to an aromatic ring is 1. The third-order valence-electron chi connectivity index (χ3n) is 2.31. The molecule has 0 atom stereocenters. The maximum absolute atomic E-state index is 13.5. The predicted octanol–water partition coefficient (Wildman–Crippen LogP) is 2.40. The maximum atomic E-state index is 13.5. The van der Waals surface area contributed by atoms with Crippen molar-refractivity contribution in [3.05, 3.63) is 29.6 Å². The first kappa shape index (κ1) is 14.8. The summed E-state index contributed by atoms with van der Waals surface area (Å²) in [7, 11) is 0. The van der Waals surface area contributed by atoms with E-state index in [0.29, 0.717) is 18.7 Å². The summed E-state index contributed by atoms with van der Waals surface area (Å²) in [4.78, 5) is 11.2. The summed E-state index contributed by atoms with van der Waals surface area (Å²) in [5.74, 6) is -3.66. The smallest absolute Gasteiger partial charge is 0.323 e. The lowest BCUT2D eigenvalue weighted by Crippen LogP contribution is -2.09. The molecule has 0 amide bonds. The lowest BCUT2D eigenvalue weighted by atomic mass is 10.3. The molecule has 1 heterocycles. The van der Waals surface area contributed by atoms with Crippen molar-refractivity contribution in [2.24, 2.45) is 0 Å². The van der Waals surface area contributed by atoms with E-state index in [-0.39, 0.29) is 17.9 Å². The van der Waals surface area contributed by atoms with Crippen molar-refractivity contribution in [2.75, 3.05) is 17.7 Å². The van der Waals surface area contributed by atoms with E-state index >= 15 is 0 Å². The Balaban J connectivity index is 2.29. The maximum Gasteiger partial charge on any atom is 0.323 e. The lowest BCUT2D eigenvalue weighted by Gasteiger charge is -2.09. The van der Waals surface area contributed by atoms with E-state index in [1.165, 1.54) is 0 Å². The SMILES string of the molecule is CCCOc1nc(N)nc(Nc2c(F)cc(F)cc2F)n1. The lowest BCUT2D eigenvalue weighted by molar-refractivity contribution is 0.292. The van der Waals surface area contributed by atoms with Crippen LogP contribution in [0.1, 0.15) is 13.3 Å². The number of hydrogen-bond donors (Lipinski definition) is 2. The van der Waals surface area contributed by atoms with Gasteiger partial charge < -0.3 is 15.8 Å². The molecule has 1 aromatic heterocycles. The van der Waals surface area contributed by atoms with Gasteiger partial charge in [-0.3, -0.25) is 0 Å². The Bertz CT molecular complexity index is 630. The molecule has 6 nitrogen and oxygen atoms in total. The molecule has 0 aliphatic heterocycles. The van der Waals surface area contributed by atoms with Crippen LogP contribution in [0.2, 0.25) is 0 Å². The Hall–Kier alpha value is -2.58. The molecule has 9 heteroatoms. The van der Waals surface area contributed by atoms with Crippen molar-refractivity contribution >= 4 is 17.6 Å². The minimum absolute atomic E-state index is 0.0743. The van der Waals surface area contributed by atoms with E-state index in [4.69, 9.17) is 10.5 Å². The van der Waals surface area contributed by atoms with Gasteiger partial charge in [0.1, 0.15) is 11.5 Å². The Morgan fingerprint density at radius 2 is 1.81 bits per heavy atom. The summed E-state index contributed by atoms with van der Waals surface area (Å²) >= 11 is 0. The first-order valence-corrected chi connectivity index (χ1v) is 6.05. The number of nitrogens with two attached hydrogens (primary N) is 1. The van der Waals surface area contributed by atoms with Gasteiger partial charge in [0, 0.05) is 12.1 Å². The van der Waals surface area contributed by atoms with Gasteiger partial charge in [0.25, 0.3) is 0 Å². The average molecular weight is 299 g/mol. The van der Waals surface area contributed by atoms with Gasteiger partial charge in [0.05, 0.1) is 6.61 Å².